The molecule has 2 aliphatic rings. The molecule has 23 heavy (non-hydrogen) atoms. The van der Waals surface area contributed by atoms with E-state index in [9.17, 15) is 10.5 Å². The summed E-state index contributed by atoms with van der Waals surface area (Å²) in [6.45, 7) is 12.9. The molecular formula is C17H30N2O2Si2. The lowest BCUT2D eigenvalue weighted by molar-refractivity contribution is -0.0869. The Balaban J connectivity index is 2.23. The lowest BCUT2D eigenvalue weighted by atomic mass is 9.59. The van der Waals surface area contributed by atoms with Gasteiger partial charge in [-0.1, -0.05) is 0 Å². The molecule has 0 saturated heterocycles. The predicted molar refractivity (Wildman–Crippen MR) is 95.6 cm³/mol. The maximum absolute atomic E-state index is 9.85. The topological polar surface area (TPSA) is 66.0 Å². The summed E-state index contributed by atoms with van der Waals surface area (Å²) in [6, 6.07) is 5.04. The molecule has 0 aromatic carbocycles. The van der Waals surface area contributed by atoms with Crippen LogP contribution in [0.4, 0.5) is 0 Å². The van der Waals surface area contributed by atoms with Gasteiger partial charge in [-0.2, -0.15) is 10.5 Å². The zero-order chi connectivity index (χ0) is 17.5. The maximum atomic E-state index is 9.85. The zero-order valence-electron chi connectivity index (χ0n) is 15.4. The molecule has 0 aliphatic heterocycles. The highest BCUT2D eigenvalue weighted by Gasteiger charge is 2.56. The number of fused-ring (bicyclic) bond motifs is 2. The van der Waals surface area contributed by atoms with E-state index in [2.05, 4.69) is 51.4 Å². The fourth-order valence-electron chi connectivity index (χ4n) is 4.31. The van der Waals surface area contributed by atoms with Crippen LogP contribution in [0.3, 0.4) is 0 Å². The molecule has 0 aromatic heterocycles. The highest BCUT2D eigenvalue weighted by Crippen LogP contribution is 2.53. The van der Waals surface area contributed by atoms with Gasteiger partial charge >= 0.3 is 0 Å². The average molecular weight is 351 g/mol. The van der Waals surface area contributed by atoms with E-state index in [1.807, 2.05) is 0 Å². The summed E-state index contributed by atoms with van der Waals surface area (Å²) in [5.74, 6) is 0.481. The van der Waals surface area contributed by atoms with E-state index in [4.69, 9.17) is 8.85 Å². The second-order valence-electron chi connectivity index (χ2n) is 9.14. The van der Waals surface area contributed by atoms with Gasteiger partial charge in [0.05, 0.1) is 12.1 Å². The monoisotopic (exact) mass is 350 g/mol. The second-order valence-corrected chi connectivity index (χ2v) is 18.0. The smallest absolute Gasteiger partial charge is 0.185 e. The first kappa shape index (κ1) is 18.7. The summed E-state index contributed by atoms with van der Waals surface area (Å²) >= 11 is 0. The third kappa shape index (κ3) is 3.88. The van der Waals surface area contributed by atoms with Crippen molar-refractivity contribution in [2.24, 2.45) is 11.8 Å². The van der Waals surface area contributed by atoms with Gasteiger partial charge in [0, 0.05) is 11.8 Å². The Morgan fingerprint density at radius 2 is 1.13 bits per heavy atom. The molecule has 0 aromatic rings. The number of rotatable bonds is 4. The molecule has 2 saturated carbocycles. The lowest BCUT2D eigenvalue weighted by Crippen LogP contribution is -2.58. The van der Waals surface area contributed by atoms with Gasteiger partial charge in [-0.05, 0) is 71.4 Å². The first-order valence-electron chi connectivity index (χ1n) is 8.68. The van der Waals surface area contributed by atoms with Crippen molar-refractivity contribution in [3.05, 3.63) is 0 Å². The van der Waals surface area contributed by atoms with E-state index in [-0.39, 0.29) is 11.8 Å². The van der Waals surface area contributed by atoms with Gasteiger partial charge in [-0.3, -0.25) is 0 Å². The van der Waals surface area contributed by atoms with Crippen LogP contribution in [-0.2, 0) is 8.85 Å². The molecule has 2 rings (SSSR count). The van der Waals surface area contributed by atoms with E-state index in [1.54, 1.807) is 0 Å². The van der Waals surface area contributed by atoms with Crippen molar-refractivity contribution in [3.63, 3.8) is 0 Å². The Bertz CT molecular complexity index is 493. The van der Waals surface area contributed by atoms with Crippen LogP contribution in [0.25, 0.3) is 0 Å². The molecule has 0 unspecified atom stereocenters. The Kier molecular flexibility index (Phi) is 4.87. The molecule has 0 N–H and O–H groups in total. The molecular weight excluding hydrogens is 320 g/mol. The van der Waals surface area contributed by atoms with Gasteiger partial charge in [-0.15, -0.1) is 0 Å². The van der Waals surface area contributed by atoms with Crippen LogP contribution in [0.15, 0.2) is 0 Å². The SMILES string of the molecule is C[Si](C)(C)O[C@@]1(C#N)CC[C@H]2C[C@H]1CC[C@]2(C#N)O[Si](C)(C)C. The first-order valence-corrected chi connectivity index (χ1v) is 15.5. The highest BCUT2D eigenvalue weighted by atomic mass is 28.4. The maximum Gasteiger partial charge on any atom is 0.185 e. The summed E-state index contributed by atoms with van der Waals surface area (Å²) < 4.78 is 12.7. The minimum Gasteiger partial charge on any atom is -0.400 e. The molecule has 4 atom stereocenters. The molecule has 6 heteroatoms. The minimum absolute atomic E-state index is 0.240. The largest absolute Gasteiger partial charge is 0.400 e. The van der Waals surface area contributed by atoms with Gasteiger partial charge in [-0.25, -0.2) is 0 Å². The molecule has 128 valence electrons. The third-order valence-corrected chi connectivity index (χ3v) is 6.92. The number of hydrogen-bond acceptors (Lipinski definition) is 4. The van der Waals surface area contributed by atoms with Crippen molar-refractivity contribution in [3.8, 4) is 12.1 Å². The van der Waals surface area contributed by atoms with Crippen LogP contribution in [0.1, 0.15) is 32.1 Å². The summed E-state index contributed by atoms with van der Waals surface area (Å²) in [4.78, 5) is 0. The molecule has 0 amide bonds. The fraction of sp³-hybridized carbons (Fsp3) is 0.882. The van der Waals surface area contributed by atoms with E-state index < -0.39 is 27.8 Å². The van der Waals surface area contributed by atoms with E-state index in [0.29, 0.717) is 0 Å². The third-order valence-electron chi connectivity index (χ3n) is 4.97. The van der Waals surface area contributed by atoms with Crippen molar-refractivity contribution in [2.75, 3.05) is 0 Å². The molecule has 2 bridgehead atoms. The van der Waals surface area contributed by atoms with Crippen LogP contribution in [0, 0.1) is 34.5 Å². The van der Waals surface area contributed by atoms with Crippen molar-refractivity contribution in [1.29, 1.82) is 10.5 Å². The van der Waals surface area contributed by atoms with Crippen LogP contribution in [-0.4, -0.2) is 27.8 Å². The van der Waals surface area contributed by atoms with Crippen molar-refractivity contribution in [1.82, 2.24) is 0 Å². The number of hydrogen-bond donors (Lipinski definition) is 0. The fourth-order valence-corrected chi connectivity index (χ4v) is 7.13. The summed E-state index contributed by atoms with van der Waals surface area (Å²) in [5.41, 5.74) is -1.27. The molecule has 2 aliphatic carbocycles. The van der Waals surface area contributed by atoms with Gasteiger partial charge in [0.15, 0.2) is 16.6 Å². The van der Waals surface area contributed by atoms with Crippen molar-refractivity contribution < 1.29 is 8.85 Å². The Hall–Kier alpha value is -0.666. The molecule has 0 heterocycles. The standard InChI is InChI=1S/C17H30N2O2Si2/c1-22(2,3)20-16(12-18)9-7-15-11-14(16)8-10-17(15,13-19)21-23(4,5)6/h14-15H,7-11H2,1-6H3/t14-,15+,16-,17-/m1/s1. The predicted octanol–water partition coefficient (Wildman–Crippen LogP) is 4.42. The van der Waals surface area contributed by atoms with Crippen molar-refractivity contribution in [2.45, 2.75) is 82.6 Å². The Morgan fingerprint density at radius 1 is 0.783 bits per heavy atom. The number of nitrogens with zero attached hydrogens (tertiary/aromatic N) is 2. The first-order chi connectivity index (χ1) is 10.5. The summed E-state index contributed by atoms with van der Waals surface area (Å²) in [5, 5.41) is 19.7. The van der Waals surface area contributed by atoms with Crippen LogP contribution < -0.4 is 0 Å². The van der Waals surface area contributed by atoms with Gasteiger partial charge in [0.1, 0.15) is 11.2 Å². The average Bonchev–Trinajstić information content (AvgIpc) is 2.41. The normalized spacial score (nSPS) is 37.7. The quantitative estimate of drug-likeness (QED) is 0.704. The van der Waals surface area contributed by atoms with E-state index in [1.165, 1.54) is 0 Å². The van der Waals surface area contributed by atoms with E-state index in [0.717, 1.165) is 32.1 Å². The number of nitriles is 2. The molecule has 4 nitrogen and oxygen atoms in total. The second kappa shape index (κ2) is 6.00. The molecule has 0 radical (unpaired) electrons. The molecule has 0 spiro atoms. The van der Waals surface area contributed by atoms with Crippen LogP contribution in [0.5, 0.6) is 0 Å². The van der Waals surface area contributed by atoms with E-state index >= 15 is 0 Å². The van der Waals surface area contributed by atoms with Gasteiger partial charge in [0.25, 0.3) is 0 Å². The van der Waals surface area contributed by atoms with Gasteiger partial charge < -0.3 is 8.85 Å². The van der Waals surface area contributed by atoms with Gasteiger partial charge in [0.2, 0.25) is 0 Å². The minimum atomic E-state index is -1.79. The summed E-state index contributed by atoms with van der Waals surface area (Å²) in [6.07, 6.45) is 4.07. The highest BCUT2D eigenvalue weighted by molar-refractivity contribution is 6.70. The van der Waals surface area contributed by atoms with Crippen molar-refractivity contribution >= 4 is 16.6 Å². The van der Waals surface area contributed by atoms with Crippen LogP contribution >= 0.6 is 0 Å². The van der Waals surface area contributed by atoms with Crippen LogP contribution in [0.2, 0.25) is 39.3 Å². The zero-order valence-corrected chi connectivity index (χ0v) is 17.4. The summed E-state index contributed by atoms with van der Waals surface area (Å²) in [7, 11) is -3.58. The Morgan fingerprint density at radius 3 is 1.39 bits per heavy atom. The molecule has 2 fully saturated rings. The lowest BCUT2D eigenvalue weighted by Gasteiger charge is -2.53. The Labute approximate surface area is 143 Å².